The standard InChI is InChI=1S/C18H14BrFN4/c1-11-6-14(13-4-2-12(8-21)3-5-13)9-24(11)10-17-16(22)7-15(20)18(19)23-17/h2-7,9H,10,22H2,1H3. The van der Waals surface area contributed by atoms with Crippen LogP contribution >= 0.6 is 15.9 Å². The number of hydrogen-bond acceptors (Lipinski definition) is 3. The van der Waals surface area contributed by atoms with Gasteiger partial charge in [-0.1, -0.05) is 12.1 Å². The van der Waals surface area contributed by atoms with E-state index in [9.17, 15) is 4.39 Å². The predicted molar refractivity (Wildman–Crippen MR) is 94.7 cm³/mol. The van der Waals surface area contributed by atoms with Crippen LogP contribution in [0.3, 0.4) is 0 Å². The number of pyridine rings is 1. The average Bonchev–Trinajstić information content (AvgIpc) is 2.93. The van der Waals surface area contributed by atoms with E-state index in [1.807, 2.05) is 29.8 Å². The van der Waals surface area contributed by atoms with E-state index in [0.717, 1.165) is 16.8 Å². The van der Waals surface area contributed by atoms with Crippen LogP contribution in [0.5, 0.6) is 0 Å². The van der Waals surface area contributed by atoms with Crippen LogP contribution in [0, 0.1) is 24.1 Å². The second kappa shape index (κ2) is 6.46. The van der Waals surface area contributed by atoms with Crippen LogP contribution in [0.2, 0.25) is 0 Å². The molecule has 2 heterocycles. The van der Waals surface area contributed by atoms with Crippen LogP contribution in [-0.4, -0.2) is 9.55 Å². The Kier molecular flexibility index (Phi) is 4.36. The number of benzene rings is 1. The lowest BCUT2D eigenvalue weighted by atomic mass is 10.1. The maximum atomic E-state index is 13.4. The third kappa shape index (κ3) is 3.17. The number of anilines is 1. The SMILES string of the molecule is Cc1cc(-c2ccc(C#N)cc2)cn1Cc1nc(Br)c(F)cc1N. The fourth-order valence-corrected chi connectivity index (χ4v) is 2.81. The van der Waals surface area contributed by atoms with Crippen molar-refractivity contribution in [3.63, 3.8) is 0 Å². The highest BCUT2D eigenvalue weighted by molar-refractivity contribution is 9.10. The summed E-state index contributed by atoms with van der Waals surface area (Å²) >= 11 is 3.09. The maximum absolute atomic E-state index is 13.4. The van der Waals surface area contributed by atoms with E-state index in [1.54, 1.807) is 12.1 Å². The van der Waals surface area contributed by atoms with E-state index >= 15 is 0 Å². The lowest BCUT2D eigenvalue weighted by Crippen LogP contribution is -2.07. The third-order valence-electron chi connectivity index (χ3n) is 3.83. The molecule has 0 atom stereocenters. The molecule has 2 aromatic heterocycles. The van der Waals surface area contributed by atoms with E-state index < -0.39 is 5.82 Å². The molecule has 0 bridgehead atoms. The van der Waals surface area contributed by atoms with Gasteiger partial charge in [0.05, 0.1) is 29.6 Å². The molecule has 3 rings (SSSR count). The highest BCUT2D eigenvalue weighted by atomic mass is 79.9. The van der Waals surface area contributed by atoms with Gasteiger partial charge in [-0.25, -0.2) is 9.37 Å². The number of hydrogen-bond donors (Lipinski definition) is 1. The van der Waals surface area contributed by atoms with Crippen molar-refractivity contribution in [1.82, 2.24) is 9.55 Å². The van der Waals surface area contributed by atoms with E-state index in [-0.39, 0.29) is 4.60 Å². The third-order valence-corrected chi connectivity index (χ3v) is 4.38. The van der Waals surface area contributed by atoms with Crippen LogP contribution in [0.25, 0.3) is 11.1 Å². The summed E-state index contributed by atoms with van der Waals surface area (Å²) in [6.07, 6.45) is 2.00. The topological polar surface area (TPSA) is 67.6 Å². The molecule has 0 aliphatic heterocycles. The number of nitrogens with two attached hydrogens (primary N) is 1. The predicted octanol–water partition coefficient (Wildman–Crippen LogP) is 4.26. The molecule has 0 spiro atoms. The Hall–Kier alpha value is -2.65. The molecule has 0 fully saturated rings. The average molecular weight is 385 g/mol. The van der Waals surface area contributed by atoms with Gasteiger partial charge in [-0.05, 0) is 52.2 Å². The molecule has 120 valence electrons. The summed E-state index contributed by atoms with van der Waals surface area (Å²) < 4.78 is 15.6. The number of aromatic nitrogens is 2. The Balaban J connectivity index is 1.92. The van der Waals surface area contributed by atoms with Gasteiger partial charge in [-0.15, -0.1) is 0 Å². The number of nitrogen functional groups attached to an aromatic ring is 1. The van der Waals surface area contributed by atoms with Crippen LogP contribution in [0.15, 0.2) is 47.2 Å². The first kappa shape index (κ1) is 16.2. The Bertz CT molecular complexity index is 939. The van der Waals surface area contributed by atoms with Gasteiger partial charge >= 0.3 is 0 Å². The Labute approximate surface area is 147 Å². The molecule has 4 nitrogen and oxygen atoms in total. The minimum atomic E-state index is -0.473. The van der Waals surface area contributed by atoms with E-state index in [2.05, 4.69) is 33.0 Å². The molecule has 0 saturated carbocycles. The molecular formula is C18H14BrFN4. The molecule has 0 radical (unpaired) electrons. The Morgan fingerprint density at radius 3 is 2.62 bits per heavy atom. The van der Waals surface area contributed by atoms with Crippen molar-refractivity contribution in [3.05, 3.63) is 70.0 Å². The number of rotatable bonds is 3. The summed E-state index contributed by atoms with van der Waals surface area (Å²) in [7, 11) is 0. The van der Waals surface area contributed by atoms with Gasteiger partial charge in [0, 0.05) is 18.0 Å². The van der Waals surface area contributed by atoms with Crippen molar-refractivity contribution in [1.29, 1.82) is 5.26 Å². The summed E-state index contributed by atoms with van der Waals surface area (Å²) in [5.74, 6) is -0.473. The molecule has 3 aromatic rings. The van der Waals surface area contributed by atoms with Crippen molar-refractivity contribution in [3.8, 4) is 17.2 Å². The molecule has 0 saturated heterocycles. The summed E-state index contributed by atoms with van der Waals surface area (Å²) in [5.41, 5.74) is 10.5. The fourth-order valence-electron chi connectivity index (χ4n) is 2.48. The molecule has 2 N–H and O–H groups in total. The minimum absolute atomic E-state index is 0.156. The normalized spacial score (nSPS) is 10.6. The van der Waals surface area contributed by atoms with E-state index in [1.165, 1.54) is 6.07 Å². The number of nitriles is 1. The van der Waals surface area contributed by atoms with Crippen LogP contribution in [-0.2, 0) is 6.54 Å². The molecule has 0 amide bonds. The zero-order valence-corrected chi connectivity index (χ0v) is 14.5. The van der Waals surface area contributed by atoms with Crippen LogP contribution < -0.4 is 5.73 Å². The highest BCUT2D eigenvalue weighted by Gasteiger charge is 2.11. The summed E-state index contributed by atoms with van der Waals surface area (Å²) in [6.45, 7) is 2.44. The quantitative estimate of drug-likeness (QED) is 0.685. The zero-order valence-electron chi connectivity index (χ0n) is 12.9. The molecule has 0 unspecified atom stereocenters. The van der Waals surface area contributed by atoms with E-state index in [4.69, 9.17) is 11.0 Å². The fraction of sp³-hybridized carbons (Fsp3) is 0.111. The molecule has 1 aromatic carbocycles. The smallest absolute Gasteiger partial charge is 0.158 e. The first-order chi connectivity index (χ1) is 11.5. The van der Waals surface area contributed by atoms with Crippen molar-refractivity contribution in [2.24, 2.45) is 0 Å². The van der Waals surface area contributed by atoms with Gasteiger partial charge in [-0.3, -0.25) is 0 Å². The van der Waals surface area contributed by atoms with Gasteiger partial charge in [0.2, 0.25) is 0 Å². The monoisotopic (exact) mass is 384 g/mol. The lowest BCUT2D eigenvalue weighted by molar-refractivity contribution is 0.609. The Morgan fingerprint density at radius 2 is 1.96 bits per heavy atom. The summed E-state index contributed by atoms with van der Waals surface area (Å²) in [4.78, 5) is 4.17. The van der Waals surface area contributed by atoms with Crippen LogP contribution in [0.4, 0.5) is 10.1 Å². The van der Waals surface area contributed by atoms with Gasteiger partial charge in [0.15, 0.2) is 5.82 Å². The molecule has 6 heteroatoms. The molecular weight excluding hydrogens is 371 g/mol. The van der Waals surface area contributed by atoms with Gasteiger partial charge in [0.25, 0.3) is 0 Å². The second-order valence-electron chi connectivity index (χ2n) is 5.48. The lowest BCUT2D eigenvalue weighted by Gasteiger charge is -2.09. The van der Waals surface area contributed by atoms with E-state index in [0.29, 0.717) is 23.5 Å². The summed E-state index contributed by atoms with van der Waals surface area (Å²) in [6, 6.07) is 12.8. The largest absolute Gasteiger partial charge is 0.397 e. The Morgan fingerprint density at radius 1 is 1.25 bits per heavy atom. The molecule has 0 aliphatic carbocycles. The van der Waals surface area contributed by atoms with Gasteiger partial charge in [-0.2, -0.15) is 5.26 Å². The first-order valence-corrected chi connectivity index (χ1v) is 8.05. The van der Waals surface area contributed by atoms with Crippen molar-refractivity contribution in [2.45, 2.75) is 13.5 Å². The van der Waals surface area contributed by atoms with Crippen molar-refractivity contribution >= 4 is 21.6 Å². The molecule has 24 heavy (non-hydrogen) atoms. The highest BCUT2D eigenvalue weighted by Crippen LogP contribution is 2.25. The van der Waals surface area contributed by atoms with Gasteiger partial charge < -0.3 is 10.3 Å². The molecule has 0 aliphatic rings. The number of nitrogens with zero attached hydrogens (tertiary/aromatic N) is 3. The van der Waals surface area contributed by atoms with Gasteiger partial charge in [0.1, 0.15) is 4.60 Å². The zero-order chi connectivity index (χ0) is 17.3. The van der Waals surface area contributed by atoms with Crippen molar-refractivity contribution in [2.75, 3.05) is 5.73 Å². The number of halogens is 2. The minimum Gasteiger partial charge on any atom is -0.397 e. The second-order valence-corrected chi connectivity index (χ2v) is 6.24. The first-order valence-electron chi connectivity index (χ1n) is 7.25. The maximum Gasteiger partial charge on any atom is 0.158 e. The van der Waals surface area contributed by atoms with Crippen LogP contribution in [0.1, 0.15) is 17.0 Å². The summed E-state index contributed by atoms with van der Waals surface area (Å²) in [5, 5.41) is 8.88. The van der Waals surface area contributed by atoms with Crippen molar-refractivity contribution < 1.29 is 4.39 Å². The number of aryl methyl sites for hydroxylation is 1.